The third-order valence-electron chi connectivity index (χ3n) is 6.85. The van der Waals surface area contributed by atoms with Gasteiger partial charge in [0.25, 0.3) is 0 Å². The molecule has 176 valence electrons. The first kappa shape index (κ1) is 25.3. The molecule has 0 radical (unpaired) electrons. The van der Waals surface area contributed by atoms with Crippen LogP contribution in [0.15, 0.2) is 72.8 Å². The van der Waals surface area contributed by atoms with Gasteiger partial charge in [-0.2, -0.15) is 0 Å². The summed E-state index contributed by atoms with van der Waals surface area (Å²) in [5, 5.41) is 0. The Labute approximate surface area is 206 Å². The maximum Gasteiger partial charge on any atom is 0.120 e. The zero-order valence-electron chi connectivity index (χ0n) is 20.3. The second-order valence-electron chi connectivity index (χ2n) is 9.14. The summed E-state index contributed by atoms with van der Waals surface area (Å²) in [5.41, 5.74) is 6.67. The number of hydrogen-bond donors (Lipinski definition) is 0. The summed E-state index contributed by atoms with van der Waals surface area (Å²) in [7, 11) is 0. The van der Waals surface area contributed by atoms with Crippen molar-refractivity contribution >= 4 is 12.4 Å². The second kappa shape index (κ2) is 12.3. The lowest BCUT2D eigenvalue weighted by molar-refractivity contribution is 0.159. The van der Waals surface area contributed by atoms with E-state index in [1.54, 1.807) is 0 Å². The van der Waals surface area contributed by atoms with Crippen molar-refractivity contribution in [2.45, 2.75) is 65.0 Å². The molecule has 4 rings (SSSR count). The summed E-state index contributed by atoms with van der Waals surface area (Å²) < 4.78 is 6.18. The number of halogens is 1. The average molecular weight is 464 g/mol. The molecule has 0 spiro atoms. The predicted molar refractivity (Wildman–Crippen MR) is 143 cm³/mol. The first-order chi connectivity index (χ1) is 15.7. The highest BCUT2D eigenvalue weighted by molar-refractivity contribution is 5.85. The molecule has 3 aromatic rings. The van der Waals surface area contributed by atoms with Gasteiger partial charge in [-0.1, -0.05) is 81.4 Å². The van der Waals surface area contributed by atoms with Gasteiger partial charge in [0.05, 0.1) is 0 Å². The van der Waals surface area contributed by atoms with Gasteiger partial charge in [0.15, 0.2) is 0 Å². The number of nitrogens with zero attached hydrogens (tertiary/aromatic N) is 1. The van der Waals surface area contributed by atoms with Gasteiger partial charge in [-0.05, 0) is 84.6 Å². The molecule has 33 heavy (non-hydrogen) atoms. The van der Waals surface area contributed by atoms with Crippen LogP contribution in [-0.4, -0.2) is 24.0 Å². The first-order valence-electron chi connectivity index (χ1n) is 12.3. The Morgan fingerprint density at radius 3 is 2.18 bits per heavy atom. The molecule has 0 bridgehead atoms. The van der Waals surface area contributed by atoms with Crippen LogP contribution < -0.4 is 4.74 Å². The van der Waals surface area contributed by atoms with E-state index in [1.807, 2.05) is 0 Å². The van der Waals surface area contributed by atoms with Crippen LogP contribution in [0.5, 0.6) is 5.75 Å². The molecular formula is C30H38ClNO. The van der Waals surface area contributed by atoms with Gasteiger partial charge >= 0.3 is 0 Å². The fraction of sp³-hybridized carbons (Fsp3) is 0.400. The van der Waals surface area contributed by atoms with E-state index in [0.717, 1.165) is 12.2 Å². The highest BCUT2D eigenvalue weighted by Crippen LogP contribution is 2.36. The van der Waals surface area contributed by atoms with Crippen LogP contribution in [0.4, 0.5) is 0 Å². The smallest absolute Gasteiger partial charge is 0.120 e. The largest absolute Gasteiger partial charge is 0.489 e. The lowest BCUT2D eigenvalue weighted by Crippen LogP contribution is -2.42. The summed E-state index contributed by atoms with van der Waals surface area (Å²) in [5.74, 6) is 1.57. The molecule has 0 amide bonds. The minimum Gasteiger partial charge on any atom is -0.489 e. The molecule has 1 aliphatic rings. The minimum atomic E-state index is 0. The van der Waals surface area contributed by atoms with E-state index in [1.165, 1.54) is 60.2 Å². The van der Waals surface area contributed by atoms with E-state index in [0.29, 0.717) is 18.6 Å². The highest BCUT2D eigenvalue weighted by atomic mass is 35.5. The van der Waals surface area contributed by atoms with Gasteiger partial charge < -0.3 is 4.74 Å². The molecule has 2 nitrogen and oxygen atoms in total. The number of fused-ring (bicyclic) bond motifs is 1. The van der Waals surface area contributed by atoms with Crippen molar-refractivity contribution in [3.8, 4) is 16.9 Å². The van der Waals surface area contributed by atoms with Gasteiger partial charge in [0.1, 0.15) is 12.4 Å². The Hall–Kier alpha value is -2.29. The van der Waals surface area contributed by atoms with Crippen LogP contribution in [-0.2, 0) is 13.0 Å². The monoisotopic (exact) mass is 463 g/mol. The van der Waals surface area contributed by atoms with Crippen molar-refractivity contribution in [2.75, 3.05) is 13.1 Å². The van der Waals surface area contributed by atoms with Gasteiger partial charge in [0.2, 0.25) is 0 Å². The summed E-state index contributed by atoms with van der Waals surface area (Å²) in [6.07, 6.45) is 4.86. The number of ether oxygens (including phenoxy) is 1. The standard InChI is InChI=1S/C30H37NO.ClH/c1-4-19-31(20-5-2)30-18-15-27-21-28(16-17-29(27)23(30)3)32-22-24-11-13-26(14-12-24)25-9-7-6-8-10-25;/h6-14,16-17,21,23,30H,4-5,15,18-20,22H2,1-3H3;1H. The van der Waals surface area contributed by atoms with Crippen molar-refractivity contribution in [1.29, 1.82) is 0 Å². The topological polar surface area (TPSA) is 12.5 Å². The molecule has 1 aliphatic carbocycles. The third-order valence-corrected chi connectivity index (χ3v) is 6.85. The molecule has 3 aromatic carbocycles. The van der Waals surface area contributed by atoms with E-state index < -0.39 is 0 Å². The van der Waals surface area contributed by atoms with Gasteiger partial charge in [-0.3, -0.25) is 4.90 Å². The fourth-order valence-electron chi connectivity index (χ4n) is 5.20. The van der Waals surface area contributed by atoms with E-state index in [-0.39, 0.29) is 12.4 Å². The SMILES string of the molecule is CCCN(CCC)C1CCc2cc(OCc3ccc(-c4ccccc4)cc3)ccc2C1C.Cl. The molecule has 0 fully saturated rings. The zero-order chi connectivity index (χ0) is 22.3. The number of aryl methyl sites for hydroxylation is 1. The van der Waals surface area contributed by atoms with Crippen molar-refractivity contribution in [1.82, 2.24) is 4.90 Å². The molecule has 2 atom stereocenters. The molecule has 0 aliphatic heterocycles. The zero-order valence-corrected chi connectivity index (χ0v) is 21.1. The second-order valence-corrected chi connectivity index (χ2v) is 9.14. The van der Waals surface area contributed by atoms with Crippen LogP contribution >= 0.6 is 12.4 Å². The minimum absolute atomic E-state index is 0. The molecule has 0 saturated heterocycles. The van der Waals surface area contributed by atoms with Gasteiger partial charge in [-0.15, -0.1) is 12.4 Å². The van der Waals surface area contributed by atoms with Crippen LogP contribution in [0.25, 0.3) is 11.1 Å². The quantitative estimate of drug-likeness (QED) is 0.319. The lowest BCUT2D eigenvalue weighted by Gasteiger charge is -2.39. The molecule has 0 N–H and O–H groups in total. The van der Waals surface area contributed by atoms with Crippen molar-refractivity contribution in [3.05, 3.63) is 89.5 Å². The lowest BCUT2D eigenvalue weighted by atomic mass is 9.79. The Bertz CT molecular complexity index is 980. The molecule has 0 saturated carbocycles. The summed E-state index contributed by atoms with van der Waals surface area (Å²) >= 11 is 0. The number of hydrogen-bond acceptors (Lipinski definition) is 2. The van der Waals surface area contributed by atoms with Gasteiger partial charge in [-0.25, -0.2) is 0 Å². The Balaban J connectivity index is 0.00000306. The number of benzene rings is 3. The summed E-state index contributed by atoms with van der Waals surface area (Å²) in [6, 6.07) is 26.6. The third kappa shape index (κ3) is 6.19. The van der Waals surface area contributed by atoms with Crippen LogP contribution in [0.1, 0.15) is 62.6 Å². The van der Waals surface area contributed by atoms with E-state index in [2.05, 4.69) is 98.5 Å². The predicted octanol–water partition coefficient (Wildman–Crippen LogP) is 7.89. The molecule has 0 heterocycles. The number of rotatable bonds is 9. The van der Waals surface area contributed by atoms with Gasteiger partial charge in [0, 0.05) is 6.04 Å². The summed E-state index contributed by atoms with van der Waals surface area (Å²) in [4.78, 5) is 2.72. The van der Waals surface area contributed by atoms with Crippen molar-refractivity contribution < 1.29 is 4.74 Å². The van der Waals surface area contributed by atoms with E-state index >= 15 is 0 Å². The fourth-order valence-corrected chi connectivity index (χ4v) is 5.20. The highest BCUT2D eigenvalue weighted by Gasteiger charge is 2.30. The molecule has 3 heteroatoms. The molecule has 2 unspecified atom stereocenters. The van der Waals surface area contributed by atoms with E-state index in [4.69, 9.17) is 4.74 Å². The Kier molecular flexibility index (Phi) is 9.41. The maximum atomic E-state index is 6.18. The molecular weight excluding hydrogens is 426 g/mol. The van der Waals surface area contributed by atoms with Crippen LogP contribution in [0.3, 0.4) is 0 Å². The first-order valence-corrected chi connectivity index (χ1v) is 12.3. The normalized spacial score (nSPS) is 17.3. The Morgan fingerprint density at radius 1 is 0.848 bits per heavy atom. The van der Waals surface area contributed by atoms with E-state index in [9.17, 15) is 0 Å². The molecule has 0 aromatic heterocycles. The van der Waals surface area contributed by atoms with Crippen LogP contribution in [0, 0.1) is 0 Å². The Morgan fingerprint density at radius 2 is 1.52 bits per heavy atom. The average Bonchev–Trinajstić information content (AvgIpc) is 2.84. The maximum absolute atomic E-state index is 6.18. The van der Waals surface area contributed by atoms with Crippen LogP contribution in [0.2, 0.25) is 0 Å². The summed E-state index contributed by atoms with van der Waals surface area (Å²) in [6.45, 7) is 10.0. The van der Waals surface area contributed by atoms with Crippen molar-refractivity contribution in [2.24, 2.45) is 0 Å². The van der Waals surface area contributed by atoms with Crippen molar-refractivity contribution in [3.63, 3.8) is 0 Å².